The Morgan fingerprint density at radius 1 is 1.03 bits per heavy atom. The van der Waals surface area contributed by atoms with Crippen LogP contribution in [0.3, 0.4) is 0 Å². The molecule has 0 saturated carbocycles. The van der Waals surface area contributed by atoms with Crippen LogP contribution < -0.4 is 24.8 Å². The van der Waals surface area contributed by atoms with E-state index in [0.29, 0.717) is 41.6 Å². The number of nitrogens with zero attached hydrogens (tertiary/aromatic N) is 5. The lowest BCUT2D eigenvalue weighted by Gasteiger charge is -2.23. The van der Waals surface area contributed by atoms with Gasteiger partial charge in [-0.2, -0.15) is 4.98 Å². The van der Waals surface area contributed by atoms with E-state index in [9.17, 15) is 4.79 Å². The zero-order valence-corrected chi connectivity index (χ0v) is 22.2. The monoisotopic (exact) mass is 516 g/mol. The number of aliphatic imine (C=N–C) groups is 1. The van der Waals surface area contributed by atoms with Gasteiger partial charge in [0.25, 0.3) is 11.9 Å². The highest BCUT2D eigenvalue weighted by atomic mass is 16.5. The van der Waals surface area contributed by atoms with Crippen molar-refractivity contribution in [3.63, 3.8) is 0 Å². The Bertz CT molecular complexity index is 1380. The molecule has 2 aliphatic rings. The summed E-state index contributed by atoms with van der Waals surface area (Å²) in [5, 5.41) is 0. The Morgan fingerprint density at radius 3 is 2.37 bits per heavy atom. The van der Waals surface area contributed by atoms with Crippen LogP contribution in [0.2, 0.25) is 0 Å². The van der Waals surface area contributed by atoms with Crippen LogP contribution in [0.4, 0.5) is 17.5 Å². The zero-order chi connectivity index (χ0) is 26.8. The van der Waals surface area contributed by atoms with Gasteiger partial charge in [-0.1, -0.05) is 11.6 Å². The van der Waals surface area contributed by atoms with Crippen molar-refractivity contribution < 1.29 is 19.0 Å². The molecule has 3 aromatic rings. The van der Waals surface area contributed by atoms with Gasteiger partial charge < -0.3 is 19.9 Å². The lowest BCUT2D eigenvalue weighted by molar-refractivity contribution is -0.112. The van der Waals surface area contributed by atoms with Crippen LogP contribution in [-0.2, 0) is 11.2 Å². The highest BCUT2D eigenvalue weighted by molar-refractivity contribution is 6.54. The first-order valence-corrected chi connectivity index (χ1v) is 12.6. The minimum Gasteiger partial charge on any atom is -0.493 e. The zero-order valence-electron chi connectivity index (χ0n) is 22.2. The fourth-order valence-electron chi connectivity index (χ4n) is 4.96. The number of hydrogen-bond acceptors (Lipinski definition) is 9. The van der Waals surface area contributed by atoms with E-state index in [-0.39, 0.29) is 17.7 Å². The number of amides is 1. The Hall–Kier alpha value is -4.18. The summed E-state index contributed by atoms with van der Waals surface area (Å²) < 4.78 is 16.3. The number of rotatable bonds is 8. The van der Waals surface area contributed by atoms with Crippen LogP contribution in [0.25, 0.3) is 0 Å². The smallest absolute Gasteiger partial charge is 0.278 e. The molecule has 2 aromatic carbocycles. The summed E-state index contributed by atoms with van der Waals surface area (Å²) in [7, 11) is 4.71. The molecule has 5 rings (SSSR count). The standard InChI is InChI=1S/C28H32N6O4/c1-17-7-8-21-20(11-17)24(27(35)34(21)16-33-9-5-6-10-33)31-28-30-15-19(26(29)32-28)12-18-13-22(36-2)25(38-4)23(14-18)37-3/h7-8,11,13-15H,5-6,9-10,12,16H2,1-4H3,(H2,29,30,32)/b31-24+. The van der Waals surface area contributed by atoms with Crippen LogP contribution in [0, 0.1) is 6.92 Å². The van der Waals surface area contributed by atoms with Crippen LogP contribution >= 0.6 is 0 Å². The molecule has 1 fully saturated rings. The molecule has 10 nitrogen and oxygen atoms in total. The molecule has 2 N–H and O–H groups in total. The maximum atomic E-state index is 13.5. The molecule has 198 valence electrons. The van der Waals surface area contributed by atoms with Gasteiger partial charge in [0.2, 0.25) is 5.75 Å². The van der Waals surface area contributed by atoms with E-state index in [1.807, 2.05) is 37.3 Å². The first-order chi connectivity index (χ1) is 18.4. The topological polar surface area (TPSA) is 115 Å². The molecule has 1 aromatic heterocycles. The molecular formula is C28H32N6O4. The van der Waals surface area contributed by atoms with Crippen LogP contribution in [0.15, 0.2) is 41.5 Å². The molecule has 0 aliphatic carbocycles. The predicted octanol–water partition coefficient (Wildman–Crippen LogP) is 3.50. The Balaban J connectivity index is 1.43. The summed E-state index contributed by atoms with van der Waals surface area (Å²) in [4.78, 5) is 31.0. The highest BCUT2D eigenvalue weighted by Crippen LogP contribution is 2.39. The van der Waals surface area contributed by atoms with Crippen molar-refractivity contribution in [1.29, 1.82) is 0 Å². The summed E-state index contributed by atoms with van der Waals surface area (Å²) in [5.74, 6) is 1.91. The second kappa shape index (κ2) is 10.7. The van der Waals surface area contributed by atoms with Crippen LogP contribution in [0.5, 0.6) is 17.2 Å². The van der Waals surface area contributed by atoms with Gasteiger partial charge in [0.05, 0.1) is 33.7 Å². The molecule has 10 heteroatoms. The molecule has 1 saturated heterocycles. The van der Waals surface area contributed by atoms with Crippen molar-refractivity contribution in [3.8, 4) is 17.2 Å². The normalized spacial score (nSPS) is 16.3. The minimum absolute atomic E-state index is 0.148. The third-order valence-electron chi connectivity index (χ3n) is 6.90. The van der Waals surface area contributed by atoms with Crippen molar-refractivity contribution in [3.05, 3.63) is 58.8 Å². The van der Waals surface area contributed by atoms with Gasteiger partial charge in [0.15, 0.2) is 11.5 Å². The summed E-state index contributed by atoms with van der Waals surface area (Å²) in [6, 6.07) is 9.70. The highest BCUT2D eigenvalue weighted by Gasteiger charge is 2.35. The Kier molecular flexibility index (Phi) is 7.15. The molecular weight excluding hydrogens is 484 g/mol. The number of nitrogens with two attached hydrogens (primary N) is 1. The largest absolute Gasteiger partial charge is 0.493 e. The van der Waals surface area contributed by atoms with Gasteiger partial charge in [0, 0.05) is 23.7 Å². The molecule has 0 radical (unpaired) electrons. The molecule has 2 aliphatic heterocycles. The van der Waals surface area contributed by atoms with E-state index >= 15 is 0 Å². The number of methoxy groups -OCH3 is 3. The van der Waals surface area contributed by atoms with Gasteiger partial charge in [-0.05, 0) is 62.7 Å². The van der Waals surface area contributed by atoms with Gasteiger partial charge >= 0.3 is 0 Å². The molecule has 0 bridgehead atoms. The molecule has 0 atom stereocenters. The maximum Gasteiger partial charge on any atom is 0.278 e. The maximum absolute atomic E-state index is 13.5. The average Bonchev–Trinajstić information content (AvgIpc) is 3.52. The van der Waals surface area contributed by atoms with E-state index in [2.05, 4.69) is 19.9 Å². The van der Waals surface area contributed by atoms with Crippen molar-refractivity contribution in [2.45, 2.75) is 26.2 Å². The summed E-state index contributed by atoms with van der Waals surface area (Å²) >= 11 is 0. The van der Waals surface area contributed by atoms with Crippen LogP contribution in [0.1, 0.15) is 35.1 Å². The Morgan fingerprint density at radius 2 is 1.74 bits per heavy atom. The molecule has 1 amide bonds. The van der Waals surface area contributed by atoms with Crippen molar-refractivity contribution in [2.24, 2.45) is 4.99 Å². The predicted molar refractivity (Wildman–Crippen MR) is 146 cm³/mol. The van der Waals surface area contributed by atoms with Crippen LogP contribution in [-0.4, -0.2) is 67.6 Å². The number of hydrogen-bond donors (Lipinski definition) is 1. The minimum atomic E-state index is -0.152. The fraction of sp³-hybridized carbons (Fsp3) is 0.357. The van der Waals surface area contributed by atoms with Gasteiger partial charge in [-0.3, -0.25) is 14.6 Å². The van der Waals surface area contributed by atoms with E-state index in [0.717, 1.165) is 48.3 Å². The first kappa shape index (κ1) is 25.5. The number of fused-ring (bicyclic) bond motifs is 1. The second-order valence-corrected chi connectivity index (χ2v) is 9.47. The van der Waals surface area contributed by atoms with E-state index in [1.165, 1.54) is 0 Å². The first-order valence-electron chi connectivity index (χ1n) is 12.6. The quantitative estimate of drug-likeness (QED) is 0.484. The number of likely N-dealkylation sites (tertiary alicyclic amines) is 1. The van der Waals surface area contributed by atoms with Crippen molar-refractivity contribution in [2.75, 3.05) is 51.7 Å². The number of aromatic nitrogens is 2. The van der Waals surface area contributed by atoms with Gasteiger partial charge in [0.1, 0.15) is 11.5 Å². The number of anilines is 2. The molecule has 3 heterocycles. The van der Waals surface area contributed by atoms with Gasteiger partial charge in [-0.25, -0.2) is 9.98 Å². The molecule has 38 heavy (non-hydrogen) atoms. The Labute approximate surface area is 222 Å². The number of carbonyl (C=O) groups excluding carboxylic acids is 1. The molecule has 0 spiro atoms. The summed E-state index contributed by atoms with van der Waals surface area (Å²) in [6.45, 7) is 4.53. The number of aryl methyl sites for hydroxylation is 1. The van der Waals surface area contributed by atoms with Crippen molar-refractivity contribution in [1.82, 2.24) is 14.9 Å². The molecule has 0 unspecified atom stereocenters. The summed E-state index contributed by atoms with van der Waals surface area (Å²) in [6.07, 6.45) is 4.39. The van der Waals surface area contributed by atoms with Crippen molar-refractivity contribution >= 4 is 29.1 Å². The number of benzene rings is 2. The number of carbonyl (C=O) groups is 1. The second-order valence-electron chi connectivity index (χ2n) is 9.47. The summed E-state index contributed by atoms with van der Waals surface area (Å²) in [5.41, 5.74) is 11.0. The van der Waals surface area contributed by atoms with E-state index < -0.39 is 0 Å². The lowest BCUT2D eigenvalue weighted by atomic mass is 10.1. The lowest BCUT2D eigenvalue weighted by Crippen LogP contribution is -2.39. The third kappa shape index (κ3) is 4.87. The van der Waals surface area contributed by atoms with E-state index in [1.54, 1.807) is 32.4 Å². The SMILES string of the molecule is COc1cc(Cc2cnc(/N=C3/C(=O)N(CN4CCCC4)c4ccc(C)cc43)nc2N)cc(OC)c1OC. The van der Waals surface area contributed by atoms with Gasteiger partial charge in [-0.15, -0.1) is 0 Å². The third-order valence-corrected chi connectivity index (χ3v) is 6.90. The fourth-order valence-corrected chi connectivity index (χ4v) is 4.96. The van der Waals surface area contributed by atoms with E-state index in [4.69, 9.17) is 19.9 Å². The number of ether oxygens (including phenoxy) is 3. The average molecular weight is 517 g/mol. The number of nitrogen functional groups attached to an aromatic ring is 1.